The second-order valence-corrected chi connectivity index (χ2v) is 5.47. The molecule has 1 rings (SSSR count). The minimum atomic E-state index is -2.87. The number of rotatable bonds is 0. The standard InChI is InChI=1S/C5H12OSi.HO3P/c1-7-5-3-2-4-6-7;1-4(2)3/h7H,2-5H2,1H3;(H-,1,2,3)/p+1. The fraction of sp³-hybridized carbons (Fsp3) is 1.00. The van der Waals surface area contributed by atoms with Crippen molar-refractivity contribution in [1.82, 2.24) is 0 Å². The Hall–Kier alpha value is 0.197. The Labute approximate surface area is 68.9 Å². The summed E-state index contributed by atoms with van der Waals surface area (Å²) in [6.45, 7) is 3.33. The third-order valence-corrected chi connectivity index (χ3v) is 3.43. The van der Waals surface area contributed by atoms with Gasteiger partial charge in [0.25, 0.3) is 0 Å². The van der Waals surface area contributed by atoms with Crippen molar-refractivity contribution in [1.29, 1.82) is 0 Å². The van der Waals surface area contributed by atoms with E-state index in [9.17, 15) is 0 Å². The van der Waals surface area contributed by atoms with Crippen LogP contribution in [0.15, 0.2) is 0 Å². The van der Waals surface area contributed by atoms with Gasteiger partial charge in [-0.1, -0.05) is 6.42 Å². The Morgan fingerprint density at radius 3 is 2.18 bits per heavy atom. The fourth-order valence-electron chi connectivity index (χ4n) is 0.902. The number of hydrogen-bond donors (Lipinski definition) is 2. The zero-order chi connectivity index (χ0) is 8.69. The largest absolute Gasteiger partial charge is 0.692 e. The maximum Gasteiger partial charge on any atom is 0.692 e. The van der Waals surface area contributed by atoms with E-state index in [1.165, 1.54) is 18.9 Å². The smallest absolute Gasteiger partial charge is 0.420 e. The molecule has 1 unspecified atom stereocenters. The van der Waals surface area contributed by atoms with E-state index in [1.807, 2.05) is 0 Å². The van der Waals surface area contributed by atoms with Gasteiger partial charge in [0.15, 0.2) is 9.04 Å². The highest BCUT2D eigenvalue weighted by atomic mass is 31.1. The summed E-state index contributed by atoms with van der Waals surface area (Å²) in [6, 6.07) is 1.40. The van der Waals surface area contributed by atoms with Crippen LogP contribution in [-0.4, -0.2) is 25.4 Å². The zero-order valence-corrected chi connectivity index (χ0v) is 8.61. The van der Waals surface area contributed by atoms with E-state index in [-0.39, 0.29) is 0 Å². The molecule has 2 N–H and O–H groups in total. The van der Waals surface area contributed by atoms with E-state index in [0.29, 0.717) is 0 Å². The Balaban J connectivity index is 0.000000218. The first kappa shape index (κ1) is 11.2. The lowest BCUT2D eigenvalue weighted by atomic mass is 10.4. The first-order valence-electron chi connectivity index (χ1n) is 3.59. The van der Waals surface area contributed by atoms with E-state index < -0.39 is 17.3 Å². The molecular weight excluding hydrogens is 183 g/mol. The van der Waals surface area contributed by atoms with Crippen LogP contribution in [0, 0.1) is 0 Å². The Morgan fingerprint density at radius 2 is 2.00 bits per heavy atom. The van der Waals surface area contributed by atoms with Gasteiger partial charge in [-0.05, 0) is 19.0 Å². The molecule has 0 spiro atoms. The van der Waals surface area contributed by atoms with E-state index in [0.717, 1.165) is 6.61 Å². The van der Waals surface area contributed by atoms with E-state index in [4.69, 9.17) is 18.8 Å². The van der Waals surface area contributed by atoms with Gasteiger partial charge >= 0.3 is 8.25 Å². The molecule has 1 atom stereocenters. The molecular formula is C5H14O4PSi+. The van der Waals surface area contributed by atoms with Gasteiger partial charge in [0, 0.05) is 11.2 Å². The van der Waals surface area contributed by atoms with Crippen LogP contribution in [0.1, 0.15) is 12.8 Å². The normalized spacial score (nSPS) is 23.4. The lowest BCUT2D eigenvalue weighted by Gasteiger charge is -2.16. The molecule has 4 nitrogen and oxygen atoms in total. The van der Waals surface area contributed by atoms with Crippen LogP contribution in [0.25, 0.3) is 0 Å². The third kappa shape index (κ3) is 10.2. The molecule has 0 aromatic rings. The van der Waals surface area contributed by atoms with Crippen molar-refractivity contribution in [3.63, 3.8) is 0 Å². The molecule has 11 heavy (non-hydrogen) atoms. The quantitative estimate of drug-likeness (QED) is 0.445. The highest BCUT2D eigenvalue weighted by Gasteiger charge is 2.08. The molecule has 0 aromatic heterocycles. The van der Waals surface area contributed by atoms with Crippen LogP contribution >= 0.6 is 8.25 Å². The molecule has 66 valence electrons. The SMILES string of the molecule is C[SiH]1CCCCO1.O=[P+](O)O. The van der Waals surface area contributed by atoms with Crippen molar-refractivity contribution in [3.8, 4) is 0 Å². The van der Waals surface area contributed by atoms with E-state index in [2.05, 4.69) is 6.55 Å². The minimum absolute atomic E-state index is 0.595. The first-order chi connectivity index (χ1) is 5.13. The molecule has 0 aliphatic carbocycles. The van der Waals surface area contributed by atoms with Gasteiger partial charge in [-0.25, -0.2) is 0 Å². The first-order valence-corrected chi connectivity index (χ1v) is 7.20. The summed E-state index contributed by atoms with van der Waals surface area (Å²) in [4.78, 5) is 14.2. The summed E-state index contributed by atoms with van der Waals surface area (Å²) in [6.07, 6.45) is 2.73. The maximum atomic E-state index is 8.70. The van der Waals surface area contributed by atoms with Gasteiger partial charge in [-0.3, -0.25) is 0 Å². The average Bonchev–Trinajstić information content (AvgIpc) is 1.87. The molecule has 1 aliphatic heterocycles. The predicted molar refractivity (Wildman–Crippen MR) is 45.1 cm³/mol. The molecule has 0 radical (unpaired) electrons. The average molecular weight is 197 g/mol. The molecule has 0 saturated carbocycles. The predicted octanol–water partition coefficient (Wildman–Crippen LogP) is 0.779. The summed E-state index contributed by atoms with van der Waals surface area (Å²) in [7, 11) is -3.46. The lowest BCUT2D eigenvalue weighted by Crippen LogP contribution is -2.18. The molecule has 0 amide bonds. The minimum Gasteiger partial charge on any atom is -0.420 e. The third-order valence-electron chi connectivity index (χ3n) is 1.41. The summed E-state index contributed by atoms with van der Waals surface area (Å²) in [5, 5.41) is 0. The van der Waals surface area contributed by atoms with E-state index in [1.54, 1.807) is 0 Å². The molecule has 1 heterocycles. The topological polar surface area (TPSA) is 66.8 Å². The molecule has 6 heteroatoms. The van der Waals surface area contributed by atoms with E-state index >= 15 is 0 Å². The number of hydrogen-bond acceptors (Lipinski definition) is 2. The Bertz CT molecular complexity index is 111. The van der Waals surface area contributed by atoms with Crippen molar-refractivity contribution in [2.45, 2.75) is 25.4 Å². The van der Waals surface area contributed by atoms with Crippen LogP contribution in [0.3, 0.4) is 0 Å². The second kappa shape index (κ2) is 6.88. The van der Waals surface area contributed by atoms with Crippen LogP contribution in [-0.2, 0) is 8.99 Å². The maximum absolute atomic E-state index is 8.70. The summed E-state index contributed by atoms with van der Waals surface area (Å²) < 4.78 is 14.1. The summed E-state index contributed by atoms with van der Waals surface area (Å²) >= 11 is 0. The molecule has 1 aliphatic rings. The van der Waals surface area contributed by atoms with Gasteiger partial charge in [0.05, 0.1) is 0 Å². The van der Waals surface area contributed by atoms with Crippen molar-refractivity contribution in [2.75, 3.05) is 6.61 Å². The Morgan fingerprint density at radius 1 is 1.45 bits per heavy atom. The van der Waals surface area contributed by atoms with Crippen LogP contribution in [0.4, 0.5) is 0 Å². The monoisotopic (exact) mass is 197 g/mol. The summed E-state index contributed by atoms with van der Waals surface area (Å²) in [5.74, 6) is 0. The van der Waals surface area contributed by atoms with Crippen LogP contribution < -0.4 is 0 Å². The van der Waals surface area contributed by atoms with Crippen molar-refractivity contribution >= 4 is 17.3 Å². The second-order valence-electron chi connectivity index (χ2n) is 2.43. The van der Waals surface area contributed by atoms with Gasteiger partial charge in [-0.2, -0.15) is 0 Å². The van der Waals surface area contributed by atoms with Crippen LogP contribution in [0.5, 0.6) is 0 Å². The lowest BCUT2D eigenvalue weighted by molar-refractivity contribution is 0.291. The molecule has 0 bridgehead atoms. The molecule has 1 saturated heterocycles. The van der Waals surface area contributed by atoms with Gasteiger partial charge in [0.1, 0.15) is 0 Å². The van der Waals surface area contributed by atoms with Gasteiger partial charge in [0.2, 0.25) is 0 Å². The molecule has 0 aromatic carbocycles. The van der Waals surface area contributed by atoms with Crippen molar-refractivity contribution in [3.05, 3.63) is 0 Å². The van der Waals surface area contributed by atoms with Gasteiger partial charge in [-0.15, -0.1) is 9.79 Å². The van der Waals surface area contributed by atoms with Crippen LogP contribution in [0.2, 0.25) is 12.6 Å². The van der Waals surface area contributed by atoms with Crippen molar-refractivity contribution in [2.24, 2.45) is 0 Å². The summed E-state index contributed by atoms with van der Waals surface area (Å²) in [5.41, 5.74) is 0. The highest BCUT2D eigenvalue weighted by molar-refractivity contribution is 7.30. The van der Waals surface area contributed by atoms with Crippen molar-refractivity contribution < 1.29 is 18.8 Å². The Kier molecular flexibility index (Phi) is 7.00. The zero-order valence-electron chi connectivity index (χ0n) is 6.56. The highest BCUT2D eigenvalue weighted by Crippen LogP contribution is 2.09. The molecule has 1 fully saturated rings. The fourth-order valence-corrected chi connectivity index (χ4v) is 2.50. The van der Waals surface area contributed by atoms with Gasteiger partial charge < -0.3 is 4.43 Å².